The summed E-state index contributed by atoms with van der Waals surface area (Å²) in [5.74, 6) is 0.406. The zero-order valence-electron chi connectivity index (χ0n) is 10.5. The van der Waals surface area contributed by atoms with Crippen LogP contribution in [0.3, 0.4) is 0 Å². The van der Waals surface area contributed by atoms with Crippen molar-refractivity contribution in [3.63, 3.8) is 0 Å². The molecule has 0 spiro atoms. The molecule has 2 N–H and O–H groups in total. The number of hydrogen-bond acceptors (Lipinski definition) is 4. The summed E-state index contributed by atoms with van der Waals surface area (Å²) >= 11 is 0. The summed E-state index contributed by atoms with van der Waals surface area (Å²) in [5.41, 5.74) is 7.20. The predicted molar refractivity (Wildman–Crippen MR) is 71.9 cm³/mol. The van der Waals surface area contributed by atoms with Crippen LogP contribution in [0.4, 0.5) is 0 Å². The van der Waals surface area contributed by atoms with Crippen molar-refractivity contribution in [2.45, 2.75) is 31.4 Å². The predicted octanol–water partition coefficient (Wildman–Crippen LogP) is 2.21. The summed E-state index contributed by atoms with van der Waals surface area (Å²) in [4.78, 5) is 0. The molecule has 18 heavy (non-hydrogen) atoms. The summed E-state index contributed by atoms with van der Waals surface area (Å²) < 4.78 is 29.3. The molecule has 0 fully saturated rings. The number of furan rings is 1. The number of hydrogen-bond donors (Lipinski definition) is 1. The van der Waals surface area contributed by atoms with Crippen molar-refractivity contribution < 1.29 is 12.8 Å². The van der Waals surface area contributed by atoms with Crippen LogP contribution in [0.2, 0.25) is 0 Å². The first kappa shape index (κ1) is 13.1. The van der Waals surface area contributed by atoms with E-state index in [1.165, 1.54) is 0 Å². The first-order valence-corrected chi connectivity index (χ1v) is 7.57. The van der Waals surface area contributed by atoms with Crippen molar-refractivity contribution in [1.29, 1.82) is 0 Å². The van der Waals surface area contributed by atoms with Gasteiger partial charge in [0.25, 0.3) is 0 Å². The first-order valence-electron chi connectivity index (χ1n) is 5.86. The Morgan fingerprint density at radius 3 is 2.67 bits per heavy atom. The molecule has 0 aliphatic heterocycles. The standard InChI is InChI=1S/C13H17NO3S/c1-9(2)18(15,16)8-12-6-10-4-3-5-11(7-14)13(10)17-12/h3-6,9H,7-8,14H2,1-2H3. The number of benzene rings is 1. The Labute approximate surface area is 107 Å². The van der Waals surface area contributed by atoms with E-state index >= 15 is 0 Å². The van der Waals surface area contributed by atoms with E-state index < -0.39 is 15.1 Å². The van der Waals surface area contributed by atoms with Crippen LogP contribution in [-0.4, -0.2) is 13.7 Å². The van der Waals surface area contributed by atoms with Crippen LogP contribution in [0, 0.1) is 0 Å². The molecule has 5 heteroatoms. The Hall–Kier alpha value is -1.33. The molecule has 1 heterocycles. The summed E-state index contributed by atoms with van der Waals surface area (Å²) in [6, 6.07) is 7.44. The maximum absolute atomic E-state index is 11.8. The van der Waals surface area contributed by atoms with Gasteiger partial charge in [0.1, 0.15) is 17.1 Å². The lowest BCUT2D eigenvalue weighted by atomic mass is 10.1. The zero-order chi connectivity index (χ0) is 13.3. The minimum atomic E-state index is -3.14. The maximum atomic E-state index is 11.8. The number of rotatable bonds is 4. The lowest BCUT2D eigenvalue weighted by Crippen LogP contribution is -2.15. The van der Waals surface area contributed by atoms with E-state index in [0.29, 0.717) is 17.9 Å². The van der Waals surface area contributed by atoms with Crippen LogP contribution in [0.15, 0.2) is 28.7 Å². The SMILES string of the molecule is CC(C)S(=O)(=O)Cc1cc2cccc(CN)c2o1. The second-order valence-corrected chi connectivity index (χ2v) is 7.17. The summed E-state index contributed by atoms with van der Waals surface area (Å²) in [7, 11) is -3.14. The molecule has 98 valence electrons. The molecule has 0 amide bonds. The van der Waals surface area contributed by atoms with Crippen molar-refractivity contribution in [2.24, 2.45) is 5.73 Å². The van der Waals surface area contributed by atoms with Gasteiger partial charge in [0, 0.05) is 17.5 Å². The normalized spacial score (nSPS) is 12.4. The van der Waals surface area contributed by atoms with E-state index in [-0.39, 0.29) is 5.75 Å². The second kappa shape index (κ2) is 4.74. The Kier molecular flexibility index (Phi) is 3.45. The van der Waals surface area contributed by atoms with E-state index in [0.717, 1.165) is 10.9 Å². The van der Waals surface area contributed by atoms with Gasteiger partial charge in [-0.05, 0) is 19.9 Å². The fraction of sp³-hybridized carbons (Fsp3) is 0.385. The third kappa shape index (κ3) is 2.42. The molecular weight excluding hydrogens is 250 g/mol. The molecule has 0 aliphatic rings. The van der Waals surface area contributed by atoms with Gasteiger partial charge in [0.05, 0.1) is 5.25 Å². The van der Waals surface area contributed by atoms with Crippen molar-refractivity contribution in [3.05, 3.63) is 35.6 Å². The van der Waals surface area contributed by atoms with Crippen molar-refractivity contribution in [3.8, 4) is 0 Å². The van der Waals surface area contributed by atoms with Gasteiger partial charge in [-0.25, -0.2) is 8.42 Å². The van der Waals surface area contributed by atoms with Crippen LogP contribution in [-0.2, 0) is 22.1 Å². The van der Waals surface area contributed by atoms with Crippen LogP contribution in [0.1, 0.15) is 25.2 Å². The van der Waals surface area contributed by atoms with Gasteiger partial charge in [-0.3, -0.25) is 0 Å². The van der Waals surface area contributed by atoms with E-state index in [1.54, 1.807) is 19.9 Å². The molecule has 2 rings (SSSR count). The average Bonchev–Trinajstić information content (AvgIpc) is 2.69. The molecule has 0 saturated carbocycles. The Balaban J connectivity index is 2.43. The Morgan fingerprint density at radius 1 is 1.33 bits per heavy atom. The lowest BCUT2D eigenvalue weighted by molar-refractivity contribution is 0.548. The summed E-state index contributed by atoms with van der Waals surface area (Å²) in [6.07, 6.45) is 0. The molecule has 0 radical (unpaired) electrons. The minimum absolute atomic E-state index is 0.0661. The molecule has 0 saturated heterocycles. The minimum Gasteiger partial charge on any atom is -0.460 e. The summed E-state index contributed by atoms with van der Waals surface area (Å²) in [6.45, 7) is 3.72. The molecule has 0 atom stereocenters. The third-order valence-corrected chi connectivity index (χ3v) is 5.08. The fourth-order valence-electron chi connectivity index (χ4n) is 1.77. The van der Waals surface area contributed by atoms with Gasteiger partial charge in [0.15, 0.2) is 9.84 Å². The van der Waals surface area contributed by atoms with Crippen molar-refractivity contribution in [2.75, 3.05) is 0 Å². The number of fused-ring (bicyclic) bond motifs is 1. The molecule has 4 nitrogen and oxygen atoms in total. The van der Waals surface area contributed by atoms with Gasteiger partial charge in [0.2, 0.25) is 0 Å². The van der Waals surface area contributed by atoms with Crippen LogP contribution >= 0.6 is 0 Å². The number of sulfone groups is 1. The highest BCUT2D eigenvalue weighted by molar-refractivity contribution is 7.91. The zero-order valence-corrected chi connectivity index (χ0v) is 11.3. The molecule has 0 aliphatic carbocycles. The first-order chi connectivity index (χ1) is 8.44. The van der Waals surface area contributed by atoms with Crippen LogP contribution in [0.5, 0.6) is 0 Å². The Morgan fingerprint density at radius 2 is 2.06 bits per heavy atom. The largest absolute Gasteiger partial charge is 0.460 e. The summed E-state index contributed by atoms with van der Waals surface area (Å²) in [5, 5.41) is 0.492. The number of para-hydroxylation sites is 1. The highest BCUT2D eigenvalue weighted by Crippen LogP contribution is 2.24. The monoisotopic (exact) mass is 267 g/mol. The molecule has 1 aromatic carbocycles. The van der Waals surface area contributed by atoms with Crippen LogP contribution in [0.25, 0.3) is 11.0 Å². The highest BCUT2D eigenvalue weighted by Gasteiger charge is 2.19. The van der Waals surface area contributed by atoms with Gasteiger partial charge in [-0.1, -0.05) is 18.2 Å². The van der Waals surface area contributed by atoms with Crippen molar-refractivity contribution in [1.82, 2.24) is 0 Å². The molecular formula is C13H17NO3S. The van der Waals surface area contributed by atoms with E-state index in [1.807, 2.05) is 18.2 Å². The molecule has 2 aromatic rings. The topological polar surface area (TPSA) is 73.3 Å². The molecule has 1 aromatic heterocycles. The molecule has 0 bridgehead atoms. The fourth-order valence-corrected chi connectivity index (χ4v) is 2.65. The van der Waals surface area contributed by atoms with E-state index in [4.69, 9.17) is 10.2 Å². The van der Waals surface area contributed by atoms with E-state index in [9.17, 15) is 8.42 Å². The van der Waals surface area contributed by atoms with Crippen molar-refractivity contribution >= 4 is 20.8 Å². The van der Waals surface area contributed by atoms with Gasteiger partial charge >= 0.3 is 0 Å². The molecule has 0 unspecified atom stereocenters. The van der Waals surface area contributed by atoms with Gasteiger partial charge < -0.3 is 10.2 Å². The lowest BCUT2D eigenvalue weighted by Gasteiger charge is -2.04. The second-order valence-electron chi connectivity index (χ2n) is 4.61. The van der Waals surface area contributed by atoms with E-state index in [2.05, 4.69) is 0 Å². The third-order valence-electron chi connectivity index (χ3n) is 2.96. The van der Waals surface area contributed by atoms with Gasteiger partial charge in [-0.15, -0.1) is 0 Å². The Bertz CT molecular complexity index is 656. The quantitative estimate of drug-likeness (QED) is 0.921. The maximum Gasteiger partial charge on any atom is 0.159 e. The van der Waals surface area contributed by atoms with Crippen LogP contribution < -0.4 is 5.73 Å². The highest BCUT2D eigenvalue weighted by atomic mass is 32.2. The average molecular weight is 267 g/mol. The number of nitrogens with two attached hydrogens (primary N) is 1. The smallest absolute Gasteiger partial charge is 0.159 e. The van der Waals surface area contributed by atoms with Gasteiger partial charge in [-0.2, -0.15) is 0 Å².